The highest BCUT2D eigenvalue weighted by atomic mass is 16.7. The summed E-state index contributed by atoms with van der Waals surface area (Å²) in [6, 6.07) is 5.86. The summed E-state index contributed by atoms with van der Waals surface area (Å²) in [5.41, 5.74) is 1.11. The third kappa shape index (κ3) is 0.946. The molecule has 0 spiro atoms. The first kappa shape index (κ1) is 6.53. The highest BCUT2D eigenvalue weighted by Gasteiger charge is 2.15. The standard InChI is InChI=1S/C9H9O2/c1-2-7-4-3-5-8-9(7)11-6-10-8/h3-5H,1-2,6H2. The molecule has 0 atom stereocenters. The van der Waals surface area contributed by atoms with Crippen molar-refractivity contribution in [3.8, 4) is 11.5 Å². The first-order valence-corrected chi connectivity index (χ1v) is 3.58. The average Bonchev–Trinajstić information content (AvgIpc) is 2.50. The van der Waals surface area contributed by atoms with Crippen LogP contribution in [0.4, 0.5) is 0 Å². The Balaban J connectivity index is 2.50. The first-order chi connectivity index (χ1) is 5.42. The van der Waals surface area contributed by atoms with Crippen molar-refractivity contribution in [1.29, 1.82) is 0 Å². The highest BCUT2D eigenvalue weighted by molar-refractivity contribution is 5.48. The van der Waals surface area contributed by atoms with Crippen LogP contribution in [0.15, 0.2) is 18.2 Å². The maximum Gasteiger partial charge on any atom is 0.231 e. The third-order valence-corrected chi connectivity index (χ3v) is 1.75. The number of ether oxygens (including phenoxy) is 2. The molecule has 1 radical (unpaired) electrons. The zero-order chi connectivity index (χ0) is 7.68. The molecule has 0 unspecified atom stereocenters. The normalized spacial score (nSPS) is 13.5. The van der Waals surface area contributed by atoms with E-state index < -0.39 is 0 Å². The van der Waals surface area contributed by atoms with Crippen molar-refractivity contribution in [2.24, 2.45) is 0 Å². The molecular formula is C9H9O2. The minimum absolute atomic E-state index is 0.340. The Morgan fingerprint density at radius 3 is 3.09 bits per heavy atom. The van der Waals surface area contributed by atoms with Gasteiger partial charge in [-0.15, -0.1) is 0 Å². The Morgan fingerprint density at radius 1 is 1.36 bits per heavy atom. The van der Waals surface area contributed by atoms with Crippen LogP contribution in [0.5, 0.6) is 11.5 Å². The number of para-hydroxylation sites is 1. The van der Waals surface area contributed by atoms with Gasteiger partial charge in [0.2, 0.25) is 6.79 Å². The van der Waals surface area contributed by atoms with Crippen LogP contribution in [0.3, 0.4) is 0 Å². The van der Waals surface area contributed by atoms with Crippen molar-refractivity contribution in [2.75, 3.05) is 6.79 Å². The van der Waals surface area contributed by atoms with Crippen LogP contribution in [-0.2, 0) is 6.42 Å². The number of benzene rings is 1. The van der Waals surface area contributed by atoms with Gasteiger partial charge in [0, 0.05) is 0 Å². The van der Waals surface area contributed by atoms with Crippen LogP contribution in [0.2, 0.25) is 0 Å². The fourth-order valence-corrected chi connectivity index (χ4v) is 1.19. The summed E-state index contributed by atoms with van der Waals surface area (Å²) in [6.45, 7) is 4.14. The molecule has 0 amide bonds. The van der Waals surface area contributed by atoms with E-state index in [1.165, 1.54) is 0 Å². The summed E-state index contributed by atoms with van der Waals surface area (Å²) in [5, 5.41) is 0. The fourth-order valence-electron chi connectivity index (χ4n) is 1.19. The zero-order valence-electron chi connectivity index (χ0n) is 6.17. The molecule has 0 N–H and O–H groups in total. The smallest absolute Gasteiger partial charge is 0.231 e. The van der Waals surface area contributed by atoms with E-state index in [-0.39, 0.29) is 0 Å². The number of fused-ring (bicyclic) bond motifs is 1. The van der Waals surface area contributed by atoms with Gasteiger partial charge in [-0.3, -0.25) is 0 Å². The Bertz CT molecular complexity index is 268. The van der Waals surface area contributed by atoms with Crippen molar-refractivity contribution in [3.05, 3.63) is 30.7 Å². The number of hydrogen-bond donors (Lipinski definition) is 0. The predicted molar refractivity (Wildman–Crippen MR) is 41.6 cm³/mol. The maximum absolute atomic E-state index is 5.26. The Labute approximate surface area is 65.7 Å². The molecule has 0 fully saturated rings. The van der Waals surface area contributed by atoms with Gasteiger partial charge < -0.3 is 9.47 Å². The van der Waals surface area contributed by atoms with Gasteiger partial charge in [-0.25, -0.2) is 0 Å². The van der Waals surface area contributed by atoms with Crippen molar-refractivity contribution < 1.29 is 9.47 Å². The van der Waals surface area contributed by atoms with Crippen LogP contribution >= 0.6 is 0 Å². The Hall–Kier alpha value is -1.18. The number of hydrogen-bond acceptors (Lipinski definition) is 2. The van der Waals surface area contributed by atoms with E-state index >= 15 is 0 Å². The molecule has 2 heteroatoms. The summed E-state index contributed by atoms with van der Waals surface area (Å²) in [6.07, 6.45) is 0.743. The molecular weight excluding hydrogens is 140 g/mol. The maximum atomic E-state index is 5.26. The van der Waals surface area contributed by atoms with E-state index in [9.17, 15) is 0 Å². The monoisotopic (exact) mass is 149 g/mol. The largest absolute Gasteiger partial charge is 0.454 e. The minimum Gasteiger partial charge on any atom is -0.454 e. The lowest BCUT2D eigenvalue weighted by molar-refractivity contribution is 0.173. The first-order valence-electron chi connectivity index (χ1n) is 3.58. The van der Waals surface area contributed by atoms with Crippen molar-refractivity contribution >= 4 is 0 Å². The molecule has 0 saturated heterocycles. The molecule has 0 aromatic heterocycles. The SMILES string of the molecule is [CH2]Cc1cccc2c1OCO2. The molecule has 57 valence electrons. The minimum atomic E-state index is 0.340. The lowest BCUT2D eigenvalue weighted by Gasteiger charge is -2.00. The molecule has 1 aliphatic heterocycles. The Morgan fingerprint density at radius 2 is 2.27 bits per heavy atom. The molecule has 0 aliphatic carbocycles. The van der Waals surface area contributed by atoms with Gasteiger partial charge in [-0.1, -0.05) is 12.1 Å². The van der Waals surface area contributed by atoms with Crippen LogP contribution in [0.25, 0.3) is 0 Å². The van der Waals surface area contributed by atoms with Gasteiger partial charge in [0.15, 0.2) is 11.5 Å². The topological polar surface area (TPSA) is 18.5 Å². The molecule has 0 bridgehead atoms. The molecule has 1 aromatic carbocycles. The third-order valence-electron chi connectivity index (χ3n) is 1.75. The second-order valence-corrected chi connectivity index (χ2v) is 2.40. The molecule has 2 rings (SSSR count). The zero-order valence-corrected chi connectivity index (χ0v) is 6.17. The molecule has 1 aliphatic rings. The summed E-state index contributed by atoms with van der Waals surface area (Å²) in [5.74, 6) is 1.70. The average molecular weight is 149 g/mol. The van der Waals surface area contributed by atoms with Gasteiger partial charge in [-0.2, -0.15) is 0 Å². The molecule has 1 heterocycles. The van der Waals surface area contributed by atoms with Gasteiger partial charge in [0.1, 0.15) is 0 Å². The summed E-state index contributed by atoms with van der Waals surface area (Å²) in [4.78, 5) is 0. The van der Waals surface area contributed by atoms with Crippen LogP contribution in [0, 0.1) is 6.92 Å². The summed E-state index contributed by atoms with van der Waals surface area (Å²) in [7, 11) is 0. The molecule has 11 heavy (non-hydrogen) atoms. The molecule has 1 aromatic rings. The van der Waals surface area contributed by atoms with Crippen molar-refractivity contribution in [2.45, 2.75) is 6.42 Å². The van der Waals surface area contributed by atoms with E-state index in [0.717, 1.165) is 23.5 Å². The van der Waals surface area contributed by atoms with Crippen LogP contribution in [0.1, 0.15) is 5.56 Å². The van der Waals surface area contributed by atoms with Gasteiger partial charge in [0.25, 0.3) is 0 Å². The lowest BCUT2D eigenvalue weighted by Crippen LogP contribution is -1.94. The van der Waals surface area contributed by atoms with Crippen molar-refractivity contribution in [3.63, 3.8) is 0 Å². The quantitative estimate of drug-likeness (QED) is 0.606. The van der Waals surface area contributed by atoms with E-state index in [1.807, 2.05) is 18.2 Å². The van der Waals surface area contributed by atoms with Gasteiger partial charge in [0.05, 0.1) is 0 Å². The van der Waals surface area contributed by atoms with E-state index in [4.69, 9.17) is 9.47 Å². The van der Waals surface area contributed by atoms with Crippen LogP contribution < -0.4 is 9.47 Å². The van der Waals surface area contributed by atoms with E-state index in [1.54, 1.807) is 0 Å². The lowest BCUT2D eigenvalue weighted by atomic mass is 10.1. The van der Waals surface area contributed by atoms with Crippen molar-refractivity contribution in [1.82, 2.24) is 0 Å². The van der Waals surface area contributed by atoms with Gasteiger partial charge >= 0.3 is 0 Å². The van der Waals surface area contributed by atoms with E-state index in [0.29, 0.717) is 6.79 Å². The fraction of sp³-hybridized carbons (Fsp3) is 0.222. The molecule has 0 saturated carbocycles. The molecule has 2 nitrogen and oxygen atoms in total. The highest BCUT2D eigenvalue weighted by Crippen LogP contribution is 2.35. The number of rotatable bonds is 1. The van der Waals surface area contributed by atoms with Gasteiger partial charge in [-0.05, 0) is 25.0 Å². The second kappa shape index (κ2) is 2.46. The summed E-state index contributed by atoms with van der Waals surface area (Å²) < 4.78 is 10.4. The second-order valence-electron chi connectivity index (χ2n) is 2.40. The predicted octanol–water partition coefficient (Wildman–Crippen LogP) is 1.79. The van der Waals surface area contributed by atoms with Crippen LogP contribution in [-0.4, -0.2) is 6.79 Å². The Kier molecular flexibility index (Phi) is 1.46. The van der Waals surface area contributed by atoms with E-state index in [2.05, 4.69) is 6.92 Å². The summed E-state index contributed by atoms with van der Waals surface area (Å²) >= 11 is 0.